The Balaban J connectivity index is 3.98. The van der Waals surface area contributed by atoms with Crippen molar-refractivity contribution >= 4 is 25.3 Å². The molecule has 0 radical (unpaired) electrons. The van der Waals surface area contributed by atoms with Gasteiger partial charge in [0.15, 0.2) is 0 Å². The van der Waals surface area contributed by atoms with Crippen LogP contribution in [0.2, 0.25) is 0 Å². The van der Waals surface area contributed by atoms with Gasteiger partial charge in [-0.05, 0) is 18.4 Å². The number of nitrogens with one attached hydrogen (secondary N) is 1. The molecule has 0 aliphatic rings. The zero-order chi connectivity index (χ0) is 11.2. The molecule has 0 saturated carbocycles. The van der Waals surface area contributed by atoms with Crippen LogP contribution in [0, 0.1) is 0 Å². The van der Waals surface area contributed by atoms with Crippen LogP contribution >= 0.6 is 19.4 Å². The molecule has 0 aliphatic carbocycles. The fourth-order valence-electron chi connectivity index (χ4n) is 0.778. The van der Waals surface area contributed by atoms with Crippen LogP contribution in [-0.2, 0) is 9.36 Å². The van der Waals surface area contributed by atoms with Crippen molar-refractivity contribution < 1.29 is 24.3 Å². The summed E-state index contributed by atoms with van der Waals surface area (Å²) < 4.78 is 10.5. The van der Waals surface area contributed by atoms with Crippen molar-refractivity contribution in [3.8, 4) is 0 Å². The van der Waals surface area contributed by atoms with E-state index in [1.165, 1.54) is 11.8 Å². The van der Waals surface area contributed by atoms with Crippen LogP contribution in [0.3, 0.4) is 0 Å². The second-order valence-electron chi connectivity index (χ2n) is 2.70. The summed E-state index contributed by atoms with van der Waals surface area (Å²) in [6.07, 6.45) is 1.58. The van der Waals surface area contributed by atoms with Gasteiger partial charge in [0.2, 0.25) is 0 Å². The molecule has 0 aromatic carbocycles. The molecule has 0 bridgehead atoms. The number of aliphatic carboxylic acids is 1. The lowest BCUT2D eigenvalue weighted by Crippen LogP contribution is -2.37. The van der Waals surface area contributed by atoms with Gasteiger partial charge in [-0.25, -0.2) is 0 Å². The Morgan fingerprint density at radius 3 is 2.50 bits per heavy atom. The average molecular weight is 243 g/mol. The number of carboxylic acid groups (broad SMARTS) is 1. The van der Waals surface area contributed by atoms with Crippen molar-refractivity contribution in [3.05, 3.63) is 0 Å². The monoisotopic (exact) mass is 243 g/mol. The Bertz CT molecular complexity index is 230. The van der Waals surface area contributed by atoms with Gasteiger partial charge in [-0.2, -0.15) is 11.8 Å². The number of hydrogen-bond acceptors (Lipinski definition) is 4. The van der Waals surface area contributed by atoms with Crippen LogP contribution in [0.4, 0.5) is 0 Å². The van der Waals surface area contributed by atoms with Crippen molar-refractivity contribution in [3.63, 3.8) is 0 Å². The molecule has 0 fully saturated rings. The molecule has 0 aromatic rings. The van der Waals surface area contributed by atoms with Gasteiger partial charge < -0.3 is 14.9 Å². The van der Waals surface area contributed by atoms with E-state index < -0.39 is 25.9 Å². The predicted octanol–water partition coefficient (Wildman–Crippen LogP) is -0.0825. The Labute approximate surface area is 86.2 Å². The van der Waals surface area contributed by atoms with Crippen molar-refractivity contribution in [2.24, 2.45) is 0 Å². The largest absolute Gasteiger partial charge is 0.480 e. The highest BCUT2D eigenvalue weighted by atomic mass is 32.2. The first kappa shape index (κ1) is 13.9. The van der Waals surface area contributed by atoms with Gasteiger partial charge in [-0.1, -0.05) is 0 Å². The predicted molar refractivity (Wildman–Crippen MR) is 54.5 cm³/mol. The molecule has 84 valence electrons. The quantitative estimate of drug-likeness (QED) is 0.463. The molecule has 0 heterocycles. The smallest absolute Gasteiger partial charge is 0.339 e. The lowest BCUT2D eigenvalue weighted by molar-refractivity contribution is -0.139. The molecule has 14 heavy (non-hydrogen) atoms. The van der Waals surface area contributed by atoms with E-state index in [1.54, 1.807) is 0 Å². The minimum Gasteiger partial charge on any atom is -0.480 e. The van der Waals surface area contributed by atoms with Crippen LogP contribution in [-0.4, -0.2) is 45.2 Å². The first-order valence-electron chi connectivity index (χ1n) is 3.86. The molecule has 0 spiro atoms. The Hall–Kier alpha value is -0.0700. The average Bonchev–Trinajstić information content (AvgIpc) is 2.01. The van der Waals surface area contributed by atoms with Crippen molar-refractivity contribution in [1.82, 2.24) is 5.32 Å². The highest BCUT2D eigenvalue weighted by molar-refractivity contribution is 7.98. The van der Waals surface area contributed by atoms with Gasteiger partial charge in [0.25, 0.3) is 0 Å². The fraction of sp³-hybridized carbons (Fsp3) is 0.833. The van der Waals surface area contributed by atoms with E-state index >= 15 is 0 Å². The topological polar surface area (TPSA) is 107 Å². The molecular weight excluding hydrogens is 229 g/mol. The van der Waals surface area contributed by atoms with E-state index in [9.17, 15) is 9.36 Å². The number of carboxylic acids is 1. The first-order chi connectivity index (χ1) is 6.37. The van der Waals surface area contributed by atoms with Gasteiger partial charge in [-0.15, -0.1) is 0 Å². The summed E-state index contributed by atoms with van der Waals surface area (Å²) in [7, 11) is -4.17. The summed E-state index contributed by atoms with van der Waals surface area (Å²) in [5, 5.41) is 11.0. The molecule has 0 aromatic heterocycles. The van der Waals surface area contributed by atoms with E-state index in [2.05, 4.69) is 5.32 Å². The standard InChI is InChI=1S/C6H14NO5PS/c1-14-3-2-5(6(8)9)7-4-13(10,11)12/h5,7H,2-4H2,1H3,(H,8,9)(H2,10,11,12). The Morgan fingerprint density at radius 1 is 1.57 bits per heavy atom. The lowest BCUT2D eigenvalue weighted by atomic mass is 10.2. The number of rotatable bonds is 7. The molecule has 1 atom stereocenters. The highest BCUT2D eigenvalue weighted by Gasteiger charge is 2.20. The third-order valence-corrected chi connectivity index (χ3v) is 2.69. The van der Waals surface area contributed by atoms with Gasteiger partial charge in [0.1, 0.15) is 6.04 Å². The molecule has 0 saturated heterocycles. The van der Waals surface area contributed by atoms with E-state index in [4.69, 9.17) is 14.9 Å². The first-order valence-corrected chi connectivity index (χ1v) is 7.05. The molecule has 1 unspecified atom stereocenters. The summed E-state index contributed by atoms with van der Waals surface area (Å²) in [4.78, 5) is 27.6. The maximum Gasteiger partial charge on any atom is 0.339 e. The van der Waals surface area contributed by atoms with E-state index in [-0.39, 0.29) is 0 Å². The van der Waals surface area contributed by atoms with Crippen LogP contribution in [0.15, 0.2) is 0 Å². The van der Waals surface area contributed by atoms with Crippen LogP contribution < -0.4 is 5.32 Å². The Morgan fingerprint density at radius 2 is 2.14 bits per heavy atom. The van der Waals surface area contributed by atoms with Gasteiger partial charge in [0, 0.05) is 0 Å². The Kier molecular flexibility index (Phi) is 6.39. The molecule has 8 heteroatoms. The minimum absolute atomic E-state index is 0.344. The van der Waals surface area contributed by atoms with Crippen LogP contribution in [0.25, 0.3) is 0 Å². The van der Waals surface area contributed by atoms with E-state index in [0.717, 1.165) is 0 Å². The summed E-state index contributed by atoms with van der Waals surface area (Å²) in [5.41, 5.74) is 0. The number of hydrogen-bond donors (Lipinski definition) is 4. The molecule has 4 N–H and O–H groups in total. The maximum absolute atomic E-state index is 10.6. The second kappa shape index (κ2) is 6.42. The number of carbonyl (C=O) groups is 1. The van der Waals surface area contributed by atoms with Gasteiger partial charge >= 0.3 is 13.6 Å². The lowest BCUT2D eigenvalue weighted by Gasteiger charge is -2.13. The normalized spacial score (nSPS) is 13.9. The minimum atomic E-state index is -4.17. The summed E-state index contributed by atoms with van der Waals surface area (Å²) >= 11 is 1.48. The SMILES string of the molecule is CSCCC(NCP(=O)(O)O)C(=O)O. The molecule has 0 amide bonds. The molecule has 0 rings (SSSR count). The molecule has 6 nitrogen and oxygen atoms in total. The maximum atomic E-state index is 10.6. The second-order valence-corrected chi connectivity index (χ2v) is 5.33. The zero-order valence-electron chi connectivity index (χ0n) is 7.71. The van der Waals surface area contributed by atoms with Crippen LogP contribution in [0.1, 0.15) is 6.42 Å². The summed E-state index contributed by atoms with van der Waals surface area (Å²) in [6.45, 7) is 0. The molecular formula is C6H14NO5PS. The van der Waals surface area contributed by atoms with E-state index in [1.807, 2.05) is 6.26 Å². The van der Waals surface area contributed by atoms with Crippen molar-refractivity contribution in [1.29, 1.82) is 0 Å². The summed E-state index contributed by atoms with van der Waals surface area (Å²) in [5.74, 6) is -0.460. The zero-order valence-corrected chi connectivity index (χ0v) is 9.42. The van der Waals surface area contributed by atoms with Gasteiger partial charge in [0.05, 0.1) is 6.29 Å². The third kappa shape index (κ3) is 7.34. The molecule has 0 aliphatic heterocycles. The third-order valence-electron chi connectivity index (χ3n) is 1.45. The fourth-order valence-corrected chi connectivity index (χ4v) is 1.71. The van der Waals surface area contributed by atoms with Gasteiger partial charge in [-0.3, -0.25) is 14.7 Å². The van der Waals surface area contributed by atoms with Crippen LogP contribution in [0.5, 0.6) is 0 Å². The number of thioether (sulfide) groups is 1. The van der Waals surface area contributed by atoms with Crippen molar-refractivity contribution in [2.45, 2.75) is 12.5 Å². The van der Waals surface area contributed by atoms with Crippen molar-refractivity contribution in [2.75, 3.05) is 18.3 Å². The highest BCUT2D eigenvalue weighted by Crippen LogP contribution is 2.32. The summed E-state index contributed by atoms with van der Waals surface area (Å²) in [6, 6.07) is -0.893. The van der Waals surface area contributed by atoms with E-state index in [0.29, 0.717) is 12.2 Å².